The van der Waals surface area contributed by atoms with Gasteiger partial charge in [-0.2, -0.15) is 0 Å². The van der Waals surface area contributed by atoms with Crippen molar-refractivity contribution in [3.8, 4) is 17.0 Å². The molecule has 0 spiro atoms. The maximum Gasteiger partial charge on any atom is 0.226 e. The van der Waals surface area contributed by atoms with Crippen LogP contribution >= 0.6 is 11.3 Å². The lowest BCUT2D eigenvalue weighted by molar-refractivity contribution is -0.116. The zero-order valence-electron chi connectivity index (χ0n) is 16.9. The number of nitrogens with one attached hydrogen (secondary N) is 1. The maximum atomic E-state index is 12.2. The van der Waals surface area contributed by atoms with Gasteiger partial charge in [0.05, 0.1) is 24.3 Å². The number of carbonyl (C=O) groups excluding carboxylic acids is 1. The highest BCUT2D eigenvalue weighted by atomic mass is 32.2. The third-order valence-electron chi connectivity index (χ3n) is 4.53. The molecule has 0 aliphatic heterocycles. The molecule has 0 bridgehead atoms. The molecule has 1 N–H and O–H groups in total. The molecule has 1 heterocycles. The summed E-state index contributed by atoms with van der Waals surface area (Å²) in [5.74, 6) is 0.539. The smallest absolute Gasteiger partial charge is 0.226 e. The lowest BCUT2D eigenvalue weighted by atomic mass is 10.1. The summed E-state index contributed by atoms with van der Waals surface area (Å²) in [6.45, 7) is 1.96. The van der Waals surface area contributed by atoms with E-state index in [2.05, 4.69) is 10.3 Å². The van der Waals surface area contributed by atoms with Gasteiger partial charge in [0.15, 0.2) is 15.0 Å². The number of thiazole rings is 1. The van der Waals surface area contributed by atoms with Crippen molar-refractivity contribution < 1.29 is 17.9 Å². The van der Waals surface area contributed by atoms with E-state index in [1.165, 1.54) is 11.3 Å². The second kappa shape index (κ2) is 9.86. The molecule has 0 radical (unpaired) electrons. The summed E-state index contributed by atoms with van der Waals surface area (Å²) >= 11 is 1.34. The molecule has 30 heavy (non-hydrogen) atoms. The number of amides is 1. The van der Waals surface area contributed by atoms with Crippen LogP contribution in [0.15, 0.2) is 53.9 Å². The van der Waals surface area contributed by atoms with E-state index in [1.807, 2.05) is 48.7 Å². The molecule has 0 aliphatic rings. The minimum Gasteiger partial charge on any atom is -0.496 e. The van der Waals surface area contributed by atoms with Crippen LogP contribution in [0.2, 0.25) is 0 Å². The van der Waals surface area contributed by atoms with Gasteiger partial charge in [0.2, 0.25) is 5.91 Å². The molecule has 1 amide bonds. The Morgan fingerprint density at radius 3 is 2.63 bits per heavy atom. The molecule has 3 rings (SSSR count). The van der Waals surface area contributed by atoms with Crippen molar-refractivity contribution in [1.29, 1.82) is 0 Å². The maximum absolute atomic E-state index is 12.2. The summed E-state index contributed by atoms with van der Waals surface area (Å²) < 4.78 is 29.7. The Kier molecular flexibility index (Phi) is 7.23. The highest BCUT2D eigenvalue weighted by Gasteiger charge is 2.14. The van der Waals surface area contributed by atoms with E-state index in [9.17, 15) is 13.2 Å². The molecule has 0 unspecified atom stereocenters. The van der Waals surface area contributed by atoms with E-state index in [0.717, 1.165) is 28.1 Å². The van der Waals surface area contributed by atoms with E-state index < -0.39 is 9.84 Å². The Bertz CT molecular complexity index is 1110. The van der Waals surface area contributed by atoms with Gasteiger partial charge >= 0.3 is 0 Å². The highest BCUT2D eigenvalue weighted by Crippen LogP contribution is 2.28. The van der Waals surface area contributed by atoms with Gasteiger partial charge in [-0.05, 0) is 42.7 Å². The number of hydrogen-bond acceptors (Lipinski definition) is 6. The number of sulfone groups is 1. The van der Waals surface area contributed by atoms with Crippen molar-refractivity contribution in [2.75, 3.05) is 18.2 Å². The van der Waals surface area contributed by atoms with Crippen molar-refractivity contribution in [2.45, 2.75) is 25.5 Å². The van der Waals surface area contributed by atoms with E-state index >= 15 is 0 Å². The zero-order valence-corrected chi connectivity index (χ0v) is 18.6. The lowest BCUT2D eigenvalue weighted by Gasteiger charge is -2.06. The molecule has 0 saturated heterocycles. The first-order chi connectivity index (χ1) is 14.4. The molecule has 8 heteroatoms. The van der Waals surface area contributed by atoms with Crippen molar-refractivity contribution in [2.24, 2.45) is 0 Å². The minimum atomic E-state index is -3.25. The second-order valence-electron chi connectivity index (χ2n) is 6.95. The first-order valence-electron chi connectivity index (χ1n) is 9.51. The number of ether oxygens (including phenoxy) is 1. The van der Waals surface area contributed by atoms with Gasteiger partial charge in [-0.25, -0.2) is 13.4 Å². The lowest BCUT2D eigenvalue weighted by Crippen LogP contribution is -2.15. The van der Waals surface area contributed by atoms with Crippen molar-refractivity contribution in [1.82, 2.24) is 4.98 Å². The van der Waals surface area contributed by atoms with Crippen molar-refractivity contribution in [3.05, 3.63) is 65.0 Å². The number of methoxy groups -OCH3 is 1. The van der Waals surface area contributed by atoms with Crippen LogP contribution in [0.4, 0.5) is 5.13 Å². The normalized spacial score (nSPS) is 11.3. The largest absolute Gasteiger partial charge is 0.496 e. The fourth-order valence-electron chi connectivity index (χ4n) is 3.04. The van der Waals surface area contributed by atoms with Crippen LogP contribution in [-0.4, -0.2) is 32.2 Å². The fourth-order valence-corrected chi connectivity index (χ4v) is 5.20. The number of aromatic nitrogens is 1. The number of hydrogen-bond donors (Lipinski definition) is 1. The summed E-state index contributed by atoms with van der Waals surface area (Å²) in [6, 6.07) is 14.8. The molecule has 0 fully saturated rings. The van der Waals surface area contributed by atoms with Gasteiger partial charge in [-0.1, -0.05) is 30.3 Å². The fraction of sp³-hybridized carbons (Fsp3) is 0.273. The summed E-state index contributed by atoms with van der Waals surface area (Å²) in [4.78, 5) is 16.6. The Morgan fingerprint density at radius 2 is 1.93 bits per heavy atom. The Hall–Kier alpha value is -2.71. The first kappa shape index (κ1) is 22.0. The van der Waals surface area contributed by atoms with Crippen molar-refractivity contribution >= 4 is 32.2 Å². The highest BCUT2D eigenvalue weighted by molar-refractivity contribution is 7.90. The van der Waals surface area contributed by atoms with Crippen LogP contribution in [0, 0.1) is 6.92 Å². The summed E-state index contributed by atoms with van der Waals surface area (Å²) in [7, 11) is -1.62. The summed E-state index contributed by atoms with van der Waals surface area (Å²) in [6.07, 6.45) is 0.404. The minimum absolute atomic E-state index is 0.00736. The standard InChI is InChI=1S/C22H24N2O4S2/c1-16-13-18(10-11-20(16)28-2)19-14-29-22(23-19)24-21(25)9-6-12-30(26,27)15-17-7-4-3-5-8-17/h3-5,7-8,10-11,13-14H,6,9,12,15H2,1-2H3,(H,23,24,25). The average Bonchev–Trinajstić information content (AvgIpc) is 3.16. The predicted molar refractivity (Wildman–Crippen MR) is 121 cm³/mol. The number of anilines is 1. The molecule has 0 aliphatic carbocycles. The molecule has 3 aromatic rings. The Morgan fingerprint density at radius 1 is 1.17 bits per heavy atom. The molecule has 1 aromatic heterocycles. The third-order valence-corrected chi connectivity index (χ3v) is 6.97. The quantitative estimate of drug-likeness (QED) is 0.527. The molecule has 2 aromatic carbocycles. The van der Waals surface area contributed by atoms with Gasteiger partial charge in [-0.3, -0.25) is 4.79 Å². The van der Waals surface area contributed by atoms with Crippen LogP contribution in [0.25, 0.3) is 11.3 Å². The third kappa shape index (κ3) is 6.14. The summed E-state index contributed by atoms with van der Waals surface area (Å²) in [5, 5.41) is 5.13. The van der Waals surface area contributed by atoms with E-state index in [4.69, 9.17) is 4.74 Å². The van der Waals surface area contributed by atoms with Gasteiger partial charge in [-0.15, -0.1) is 11.3 Å². The summed E-state index contributed by atoms with van der Waals surface area (Å²) in [5.41, 5.74) is 3.47. The van der Waals surface area contributed by atoms with Crippen LogP contribution < -0.4 is 10.1 Å². The number of aryl methyl sites for hydroxylation is 1. The molecular formula is C22H24N2O4S2. The topological polar surface area (TPSA) is 85.4 Å². The number of benzene rings is 2. The molecule has 0 saturated carbocycles. The van der Waals surface area contributed by atoms with E-state index in [1.54, 1.807) is 19.2 Å². The van der Waals surface area contributed by atoms with E-state index in [0.29, 0.717) is 5.13 Å². The molecule has 0 atom stereocenters. The van der Waals surface area contributed by atoms with Crippen molar-refractivity contribution in [3.63, 3.8) is 0 Å². The van der Waals surface area contributed by atoms with E-state index in [-0.39, 0.29) is 30.3 Å². The van der Waals surface area contributed by atoms with Crippen LogP contribution in [0.3, 0.4) is 0 Å². The zero-order chi connectivity index (χ0) is 21.6. The first-order valence-corrected chi connectivity index (χ1v) is 12.2. The SMILES string of the molecule is COc1ccc(-c2csc(NC(=O)CCCS(=O)(=O)Cc3ccccc3)n2)cc1C. The molecule has 158 valence electrons. The van der Waals surface area contributed by atoms with Gasteiger partial charge in [0.1, 0.15) is 5.75 Å². The second-order valence-corrected chi connectivity index (χ2v) is 9.99. The number of nitrogens with zero attached hydrogens (tertiary/aromatic N) is 1. The van der Waals surface area contributed by atoms with Gasteiger partial charge in [0.25, 0.3) is 0 Å². The number of carbonyl (C=O) groups is 1. The van der Waals surface area contributed by atoms with Crippen LogP contribution in [0.1, 0.15) is 24.0 Å². The Labute approximate surface area is 180 Å². The number of rotatable bonds is 9. The average molecular weight is 445 g/mol. The predicted octanol–water partition coefficient (Wildman–Crippen LogP) is 4.46. The van der Waals surface area contributed by atoms with Crippen LogP contribution in [-0.2, 0) is 20.4 Å². The van der Waals surface area contributed by atoms with Gasteiger partial charge < -0.3 is 10.1 Å². The Balaban J connectivity index is 1.50. The monoisotopic (exact) mass is 444 g/mol. The molecule has 6 nitrogen and oxygen atoms in total. The van der Waals surface area contributed by atoms with Crippen LogP contribution in [0.5, 0.6) is 5.75 Å². The van der Waals surface area contributed by atoms with Gasteiger partial charge in [0, 0.05) is 17.4 Å². The molecular weight excluding hydrogens is 420 g/mol.